The summed E-state index contributed by atoms with van der Waals surface area (Å²) < 4.78 is 98.3. The van der Waals surface area contributed by atoms with Crippen LogP contribution >= 0.6 is 11.6 Å². The standard InChI is InChI=1S/C26H22ClF3N2O6S2/c1-16-24(32-23-9-4-8-21(25(23)31-16)26(28,29)30)20-15-18(10-11-22(20)27)38-17-6-3-7-19(14-17)40(35,36)13-5-12-37-39(2,33)34/h3-4,6-11,14-15H,5,12-13H2,1-2H3. The van der Waals surface area contributed by atoms with Gasteiger partial charge in [-0.05, 0) is 61.9 Å². The normalized spacial score (nSPS) is 12.6. The molecule has 1 aromatic heterocycles. The fourth-order valence-corrected chi connectivity index (χ4v) is 5.78. The summed E-state index contributed by atoms with van der Waals surface area (Å²) in [5, 5.41) is 0.253. The van der Waals surface area contributed by atoms with Crippen LogP contribution in [-0.2, 0) is 30.3 Å². The van der Waals surface area contributed by atoms with E-state index in [9.17, 15) is 30.0 Å². The number of halogens is 4. The lowest BCUT2D eigenvalue weighted by Gasteiger charge is -2.14. The summed E-state index contributed by atoms with van der Waals surface area (Å²) in [6.07, 6.45) is -3.75. The van der Waals surface area contributed by atoms with Gasteiger partial charge in [-0.25, -0.2) is 18.4 Å². The second-order valence-electron chi connectivity index (χ2n) is 8.75. The fourth-order valence-electron chi connectivity index (χ4n) is 3.84. The van der Waals surface area contributed by atoms with Crippen molar-refractivity contribution in [2.45, 2.75) is 24.4 Å². The minimum Gasteiger partial charge on any atom is -0.457 e. The molecule has 0 atom stereocenters. The van der Waals surface area contributed by atoms with Crippen molar-refractivity contribution in [3.63, 3.8) is 0 Å². The Morgan fingerprint density at radius 1 is 0.925 bits per heavy atom. The molecular weight excluding hydrogens is 593 g/mol. The Morgan fingerprint density at radius 2 is 1.62 bits per heavy atom. The average molecular weight is 615 g/mol. The second kappa shape index (κ2) is 11.3. The molecule has 4 rings (SSSR count). The first-order valence-corrected chi connectivity index (χ1v) is 15.5. The van der Waals surface area contributed by atoms with E-state index in [2.05, 4.69) is 14.2 Å². The van der Waals surface area contributed by atoms with Gasteiger partial charge in [0.05, 0.1) is 51.0 Å². The van der Waals surface area contributed by atoms with E-state index >= 15 is 0 Å². The molecule has 0 fully saturated rings. The number of fused-ring (bicyclic) bond motifs is 1. The number of rotatable bonds is 9. The fraction of sp³-hybridized carbons (Fsp3) is 0.231. The van der Waals surface area contributed by atoms with E-state index in [4.69, 9.17) is 16.3 Å². The summed E-state index contributed by atoms with van der Waals surface area (Å²) in [6.45, 7) is 1.25. The molecule has 0 amide bonds. The molecule has 3 aromatic carbocycles. The molecule has 0 aliphatic carbocycles. The smallest absolute Gasteiger partial charge is 0.418 e. The summed E-state index contributed by atoms with van der Waals surface area (Å²) in [6, 6.07) is 13.9. The number of benzene rings is 3. The molecule has 0 saturated carbocycles. The van der Waals surface area contributed by atoms with Crippen molar-refractivity contribution < 1.29 is 38.9 Å². The molecule has 0 N–H and O–H groups in total. The van der Waals surface area contributed by atoms with Crippen LogP contribution in [0.3, 0.4) is 0 Å². The zero-order valence-electron chi connectivity index (χ0n) is 21.1. The number of nitrogens with zero attached hydrogens (tertiary/aromatic N) is 2. The van der Waals surface area contributed by atoms with Gasteiger partial charge >= 0.3 is 6.18 Å². The van der Waals surface area contributed by atoms with Gasteiger partial charge in [0, 0.05) is 5.56 Å². The molecule has 0 aliphatic rings. The van der Waals surface area contributed by atoms with Gasteiger partial charge in [0.1, 0.15) is 17.0 Å². The quantitative estimate of drug-likeness (QED) is 0.162. The molecule has 0 unspecified atom stereocenters. The van der Waals surface area contributed by atoms with Crippen molar-refractivity contribution in [1.29, 1.82) is 0 Å². The van der Waals surface area contributed by atoms with Crippen LogP contribution in [0.25, 0.3) is 22.3 Å². The van der Waals surface area contributed by atoms with Gasteiger partial charge in [-0.2, -0.15) is 21.6 Å². The van der Waals surface area contributed by atoms with E-state index < -0.39 is 31.7 Å². The Kier molecular flexibility index (Phi) is 8.41. The van der Waals surface area contributed by atoms with Crippen LogP contribution in [0.4, 0.5) is 13.2 Å². The van der Waals surface area contributed by atoms with Gasteiger partial charge < -0.3 is 4.74 Å². The minimum atomic E-state index is -4.60. The lowest BCUT2D eigenvalue weighted by Crippen LogP contribution is -2.11. The van der Waals surface area contributed by atoms with Crippen LogP contribution in [0.15, 0.2) is 65.6 Å². The summed E-state index contributed by atoms with van der Waals surface area (Å²) in [4.78, 5) is 8.53. The maximum Gasteiger partial charge on any atom is 0.418 e. The topological polar surface area (TPSA) is 113 Å². The maximum absolute atomic E-state index is 13.4. The van der Waals surface area contributed by atoms with Crippen molar-refractivity contribution in [3.05, 3.63) is 76.9 Å². The Hall–Kier alpha value is -3.26. The molecule has 14 heteroatoms. The molecular formula is C26H22ClF3N2O6S2. The average Bonchev–Trinajstić information content (AvgIpc) is 2.86. The van der Waals surface area contributed by atoms with Crippen LogP contribution < -0.4 is 4.74 Å². The van der Waals surface area contributed by atoms with Crippen LogP contribution in [0.5, 0.6) is 11.5 Å². The summed E-state index contributed by atoms with van der Waals surface area (Å²) in [7, 11) is -7.44. The van der Waals surface area contributed by atoms with E-state index in [1.165, 1.54) is 49.4 Å². The van der Waals surface area contributed by atoms with E-state index in [1.807, 2.05) is 0 Å². The molecule has 0 saturated heterocycles. The lowest BCUT2D eigenvalue weighted by atomic mass is 10.1. The van der Waals surface area contributed by atoms with Gasteiger partial charge in [-0.15, -0.1) is 0 Å². The van der Waals surface area contributed by atoms with Crippen LogP contribution in [0, 0.1) is 6.92 Å². The SMILES string of the molecule is Cc1nc2c(C(F)(F)F)cccc2nc1-c1cc(Oc2cccc(S(=O)(=O)CCCOS(C)(=O)=O)c2)ccc1Cl. The summed E-state index contributed by atoms with van der Waals surface area (Å²) in [5.74, 6) is 0.117. The Morgan fingerprint density at radius 3 is 2.33 bits per heavy atom. The first kappa shape index (κ1) is 29.7. The Labute approximate surface area is 233 Å². The van der Waals surface area contributed by atoms with Gasteiger partial charge in [0.2, 0.25) is 0 Å². The van der Waals surface area contributed by atoms with Crippen LogP contribution in [0.2, 0.25) is 5.02 Å². The van der Waals surface area contributed by atoms with Crippen molar-refractivity contribution in [2.75, 3.05) is 18.6 Å². The highest BCUT2D eigenvalue weighted by molar-refractivity contribution is 7.91. The van der Waals surface area contributed by atoms with Crippen molar-refractivity contribution in [3.8, 4) is 22.8 Å². The highest BCUT2D eigenvalue weighted by Crippen LogP contribution is 2.37. The van der Waals surface area contributed by atoms with Crippen LogP contribution in [-0.4, -0.2) is 45.4 Å². The third-order valence-electron chi connectivity index (χ3n) is 5.62. The predicted molar refractivity (Wildman–Crippen MR) is 144 cm³/mol. The number of alkyl halides is 3. The molecule has 1 heterocycles. The van der Waals surface area contributed by atoms with E-state index in [0.29, 0.717) is 5.56 Å². The monoisotopic (exact) mass is 614 g/mol. The molecule has 8 nitrogen and oxygen atoms in total. The Balaban J connectivity index is 1.61. The number of aryl methyl sites for hydroxylation is 1. The number of sulfone groups is 1. The van der Waals surface area contributed by atoms with Crippen molar-refractivity contribution in [2.24, 2.45) is 0 Å². The highest BCUT2D eigenvalue weighted by Gasteiger charge is 2.33. The van der Waals surface area contributed by atoms with E-state index in [-0.39, 0.29) is 62.6 Å². The molecule has 40 heavy (non-hydrogen) atoms. The van der Waals surface area contributed by atoms with Crippen molar-refractivity contribution in [1.82, 2.24) is 9.97 Å². The van der Waals surface area contributed by atoms with Gasteiger partial charge in [0.15, 0.2) is 9.84 Å². The zero-order chi connectivity index (χ0) is 29.3. The summed E-state index contributed by atoms with van der Waals surface area (Å²) >= 11 is 6.40. The van der Waals surface area contributed by atoms with E-state index in [1.54, 1.807) is 12.1 Å². The largest absolute Gasteiger partial charge is 0.457 e. The number of hydrogen-bond donors (Lipinski definition) is 0. The number of hydrogen-bond acceptors (Lipinski definition) is 8. The third-order valence-corrected chi connectivity index (χ3v) is 8.35. The van der Waals surface area contributed by atoms with E-state index in [0.717, 1.165) is 12.3 Å². The number of ether oxygens (including phenoxy) is 1. The molecule has 0 aliphatic heterocycles. The van der Waals surface area contributed by atoms with Crippen molar-refractivity contribution >= 4 is 42.6 Å². The van der Waals surface area contributed by atoms with Gasteiger partial charge in [-0.1, -0.05) is 23.7 Å². The molecule has 0 radical (unpaired) electrons. The van der Waals surface area contributed by atoms with Gasteiger partial charge in [-0.3, -0.25) is 4.18 Å². The lowest BCUT2D eigenvalue weighted by molar-refractivity contribution is -0.136. The first-order chi connectivity index (χ1) is 18.6. The molecule has 212 valence electrons. The number of aromatic nitrogens is 2. The predicted octanol–water partition coefficient (Wildman–Crippen LogP) is 6.21. The highest BCUT2D eigenvalue weighted by atomic mass is 35.5. The molecule has 0 spiro atoms. The molecule has 0 bridgehead atoms. The maximum atomic E-state index is 13.4. The zero-order valence-corrected chi connectivity index (χ0v) is 23.5. The third kappa shape index (κ3) is 7.08. The minimum absolute atomic E-state index is 0.0301. The Bertz CT molecular complexity index is 1800. The number of para-hydroxylation sites is 1. The molecule has 4 aromatic rings. The van der Waals surface area contributed by atoms with Crippen LogP contribution in [0.1, 0.15) is 17.7 Å². The first-order valence-electron chi connectivity index (χ1n) is 11.6. The van der Waals surface area contributed by atoms with Gasteiger partial charge in [0.25, 0.3) is 10.1 Å². The summed E-state index contributed by atoms with van der Waals surface area (Å²) in [5.41, 5.74) is -0.296. The second-order valence-corrected chi connectivity index (χ2v) is 12.9.